The van der Waals surface area contributed by atoms with E-state index < -0.39 is 0 Å². The van der Waals surface area contributed by atoms with Gasteiger partial charge in [-0.15, -0.1) is 0 Å². The summed E-state index contributed by atoms with van der Waals surface area (Å²) in [6, 6.07) is 14.7. The van der Waals surface area contributed by atoms with Crippen LogP contribution >= 0.6 is 0 Å². The fourth-order valence-electron chi connectivity index (χ4n) is 6.25. The third-order valence-electron chi connectivity index (χ3n) is 8.34. The summed E-state index contributed by atoms with van der Waals surface area (Å²) in [5.74, 6) is 0. The second-order valence-corrected chi connectivity index (χ2v) is 10.7. The molecule has 37 heavy (non-hydrogen) atoms. The minimum Gasteiger partial charge on any atom is -0.398 e. The molecule has 3 heterocycles. The number of anilines is 2. The van der Waals surface area contributed by atoms with E-state index >= 15 is 0 Å². The molecule has 6 rings (SSSR count). The van der Waals surface area contributed by atoms with Crippen molar-refractivity contribution in [1.82, 2.24) is 14.9 Å². The van der Waals surface area contributed by atoms with Crippen LogP contribution in [0.4, 0.5) is 11.4 Å². The molecular weight excluding hydrogens is 456 g/mol. The van der Waals surface area contributed by atoms with Gasteiger partial charge in [-0.25, -0.2) is 0 Å². The van der Waals surface area contributed by atoms with Gasteiger partial charge in [-0.1, -0.05) is 12.5 Å². The first-order valence-electron chi connectivity index (χ1n) is 13.9. The van der Waals surface area contributed by atoms with Crippen LogP contribution in [0, 0.1) is 11.3 Å². The Kier molecular flexibility index (Phi) is 6.72. The molecule has 0 bridgehead atoms. The Labute approximate surface area is 219 Å². The van der Waals surface area contributed by atoms with Crippen LogP contribution in [0.3, 0.4) is 0 Å². The third kappa shape index (κ3) is 4.76. The molecule has 0 radical (unpaired) electrons. The number of fused-ring (bicyclic) bond motifs is 3. The Morgan fingerprint density at radius 1 is 1.00 bits per heavy atom. The van der Waals surface area contributed by atoms with Gasteiger partial charge in [0.15, 0.2) is 0 Å². The van der Waals surface area contributed by atoms with Crippen LogP contribution in [0.1, 0.15) is 54.5 Å². The molecule has 1 aliphatic heterocycles. The summed E-state index contributed by atoms with van der Waals surface area (Å²) in [5, 5.41) is 11.6. The van der Waals surface area contributed by atoms with Gasteiger partial charge in [0.2, 0.25) is 0 Å². The molecular formula is C31H36N6. The van der Waals surface area contributed by atoms with Gasteiger partial charge in [0.25, 0.3) is 0 Å². The number of unbranched alkanes of at least 4 members (excludes halogenated alkanes) is 1. The number of H-pyrrole nitrogens is 1. The highest BCUT2D eigenvalue weighted by Crippen LogP contribution is 2.36. The number of nitrogens with two attached hydrogens (primary N) is 1. The molecule has 0 atom stereocenters. The van der Waals surface area contributed by atoms with Crippen molar-refractivity contribution in [1.29, 1.82) is 5.26 Å². The van der Waals surface area contributed by atoms with Gasteiger partial charge in [-0.05, 0) is 92.9 Å². The number of hydrogen-bond donors (Lipinski definition) is 2. The van der Waals surface area contributed by atoms with Crippen molar-refractivity contribution in [3.05, 3.63) is 65.0 Å². The molecule has 190 valence electrons. The summed E-state index contributed by atoms with van der Waals surface area (Å²) >= 11 is 0. The van der Waals surface area contributed by atoms with Gasteiger partial charge in [-0.2, -0.15) is 5.26 Å². The Hall–Kier alpha value is -3.56. The van der Waals surface area contributed by atoms with Crippen LogP contribution in [0.5, 0.6) is 0 Å². The number of piperazine rings is 1. The Bertz CT molecular complexity index is 1450. The van der Waals surface area contributed by atoms with Gasteiger partial charge >= 0.3 is 0 Å². The zero-order valence-electron chi connectivity index (χ0n) is 21.6. The van der Waals surface area contributed by atoms with Crippen LogP contribution in [-0.2, 0) is 19.3 Å². The molecule has 2 aromatic heterocycles. The average Bonchev–Trinajstić information content (AvgIpc) is 3.18. The van der Waals surface area contributed by atoms with E-state index in [4.69, 9.17) is 10.7 Å². The van der Waals surface area contributed by atoms with Gasteiger partial charge in [0, 0.05) is 65.7 Å². The number of nitrogen functional groups attached to an aromatic ring is 1. The highest BCUT2D eigenvalue weighted by Gasteiger charge is 2.22. The number of aromatic amines is 1. The van der Waals surface area contributed by atoms with Crippen molar-refractivity contribution in [3.63, 3.8) is 0 Å². The fraction of sp³-hybridized carbons (Fsp3) is 0.419. The molecule has 1 fully saturated rings. The second-order valence-electron chi connectivity index (χ2n) is 10.7. The topological polar surface area (TPSA) is 85.0 Å². The lowest BCUT2D eigenvalue weighted by atomic mass is 10.0. The monoisotopic (exact) mass is 492 g/mol. The maximum atomic E-state index is 9.22. The number of nitrogens with one attached hydrogen (secondary N) is 1. The highest BCUT2D eigenvalue weighted by atomic mass is 15.3. The van der Waals surface area contributed by atoms with E-state index in [1.807, 2.05) is 18.2 Å². The summed E-state index contributed by atoms with van der Waals surface area (Å²) in [6.45, 7) is 5.33. The van der Waals surface area contributed by atoms with Crippen molar-refractivity contribution in [2.45, 2.75) is 51.4 Å². The Morgan fingerprint density at radius 2 is 1.86 bits per heavy atom. The van der Waals surface area contributed by atoms with Gasteiger partial charge in [-0.3, -0.25) is 9.88 Å². The number of aromatic nitrogens is 2. The van der Waals surface area contributed by atoms with Crippen molar-refractivity contribution < 1.29 is 0 Å². The molecule has 4 aromatic rings. The fourth-order valence-corrected chi connectivity index (χ4v) is 6.25. The van der Waals surface area contributed by atoms with Crippen molar-refractivity contribution in [2.75, 3.05) is 43.4 Å². The molecule has 2 aliphatic rings. The van der Waals surface area contributed by atoms with Gasteiger partial charge in [0.05, 0.1) is 17.1 Å². The van der Waals surface area contributed by atoms with Crippen molar-refractivity contribution in [2.24, 2.45) is 0 Å². The van der Waals surface area contributed by atoms with E-state index in [1.54, 1.807) is 0 Å². The van der Waals surface area contributed by atoms with E-state index in [0.717, 1.165) is 86.1 Å². The Balaban J connectivity index is 1.07. The lowest BCUT2D eigenvalue weighted by Gasteiger charge is -2.37. The minimum absolute atomic E-state index is 0.727. The first kappa shape index (κ1) is 23.8. The number of benzene rings is 2. The molecule has 2 aromatic carbocycles. The second kappa shape index (κ2) is 10.4. The standard InChI is InChI=1S/C31H36N6/c32-20-22-12-13-26-25(19-22)23(21-34-26)7-4-5-14-36-15-17-37(18-16-36)29-11-6-10-28-30(29)31(33)24-8-2-1-3-9-27(24)35-28/h6,10-13,19,21,34H,1-5,7-9,14-18H2,(H2,33,35). The van der Waals surface area contributed by atoms with Crippen LogP contribution in [0.25, 0.3) is 21.8 Å². The molecule has 6 nitrogen and oxygen atoms in total. The number of nitrogens with zero attached hydrogens (tertiary/aromatic N) is 4. The largest absolute Gasteiger partial charge is 0.398 e. The van der Waals surface area contributed by atoms with E-state index in [9.17, 15) is 5.26 Å². The number of rotatable bonds is 6. The lowest BCUT2D eigenvalue weighted by molar-refractivity contribution is 0.253. The minimum atomic E-state index is 0.727. The summed E-state index contributed by atoms with van der Waals surface area (Å²) in [5.41, 5.74) is 15.8. The summed E-state index contributed by atoms with van der Waals surface area (Å²) in [4.78, 5) is 13.5. The summed E-state index contributed by atoms with van der Waals surface area (Å²) in [6.07, 6.45) is 11.3. The summed E-state index contributed by atoms with van der Waals surface area (Å²) < 4.78 is 0. The first-order valence-corrected chi connectivity index (χ1v) is 13.9. The average molecular weight is 493 g/mol. The predicted octanol–water partition coefficient (Wildman–Crippen LogP) is 5.58. The van der Waals surface area contributed by atoms with Crippen LogP contribution < -0.4 is 10.6 Å². The van der Waals surface area contributed by atoms with Gasteiger partial charge < -0.3 is 15.6 Å². The first-order chi connectivity index (χ1) is 18.2. The molecule has 0 unspecified atom stereocenters. The Morgan fingerprint density at radius 3 is 2.73 bits per heavy atom. The van der Waals surface area contributed by atoms with Crippen molar-refractivity contribution in [3.8, 4) is 6.07 Å². The predicted molar refractivity (Wildman–Crippen MR) is 152 cm³/mol. The lowest BCUT2D eigenvalue weighted by Crippen LogP contribution is -2.46. The normalized spacial score (nSPS) is 16.6. The molecule has 0 saturated carbocycles. The van der Waals surface area contributed by atoms with E-state index in [2.05, 4.69) is 45.2 Å². The number of aryl methyl sites for hydroxylation is 2. The molecule has 6 heteroatoms. The maximum absolute atomic E-state index is 9.22. The van der Waals surface area contributed by atoms with Crippen molar-refractivity contribution >= 4 is 33.2 Å². The van der Waals surface area contributed by atoms with Crippen LogP contribution in [-0.4, -0.2) is 47.6 Å². The summed E-state index contributed by atoms with van der Waals surface area (Å²) in [7, 11) is 0. The molecule has 1 aliphatic carbocycles. The SMILES string of the molecule is N#Cc1ccc2[nH]cc(CCCCN3CCN(c4cccc5nc6c(c(N)c45)CCCCC6)CC3)c2c1. The zero-order chi connectivity index (χ0) is 25.2. The molecule has 3 N–H and O–H groups in total. The van der Waals surface area contributed by atoms with E-state index in [-0.39, 0.29) is 0 Å². The third-order valence-corrected chi connectivity index (χ3v) is 8.34. The van der Waals surface area contributed by atoms with Gasteiger partial charge in [0.1, 0.15) is 0 Å². The number of hydrogen-bond acceptors (Lipinski definition) is 5. The highest BCUT2D eigenvalue weighted by molar-refractivity contribution is 6.02. The molecule has 0 spiro atoms. The van der Waals surface area contributed by atoms with E-state index in [1.165, 1.54) is 53.6 Å². The quantitative estimate of drug-likeness (QED) is 0.271. The number of nitriles is 1. The molecule has 0 amide bonds. The zero-order valence-corrected chi connectivity index (χ0v) is 21.6. The smallest absolute Gasteiger partial charge is 0.0991 e. The van der Waals surface area contributed by atoms with Crippen LogP contribution in [0.15, 0.2) is 42.6 Å². The molecule has 1 saturated heterocycles. The van der Waals surface area contributed by atoms with E-state index in [0.29, 0.717) is 0 Å². The number of pyridine rings is 1. The maximum Gasteiger partial charge on any atom is 0.0991 e. The van der Waals surface area contributed by atoms with Crippen LogP contribution in [0.2, 0.25) is 0 Å².